The van der Waals surface area contributed by atoms with Gasteiger partial charge in [-0.25, -0.2) is 4.99 Å². The molecule has 0 saturated heterocycles. The lowest BCUT2D eigenvalue weighted by Crippen LogP contribution is -1.97. The minimum absolute atomic E-state index is 0.481. The van der Waals surface area contributed by atoms with Gasteiger partial charge in [-0.15, -0.1) is 11.3 Å². The number of rotatable bonds is 8. The van der Waals surface area contributed by atoms with Crippen LogP contribution in [0, 0.1) is 0 Å². The number of thiophene rings is 1. The average molecular weight is 815 g/mol. The molecular weight excluding hydrogens is 773 g/mol. The van der Waals surface area contributed by atoms with Gasteiger partial charge in [0, 0.05) is 36.5 Å². The Bertz CT molecular complexity index is 3420. The fraction of sp³-hybridized carbons (Fsp3) is 0.0351. The molecule has 0 radical (unpaired) electrons. The van der Waals surface area contributed by atoms with Gasteiger partial charge in [0.2, 0.25) is 0 Å². The molecule has 296 valence electrons. The lowest BCUT2D eigenvalue weighted by Gasteiger charge is -2.11. The molecule has 0 unspecified atom stereocenters. The predicted octanol–water partition coefficient (Wildman–Crippen LogP) is 15.3. The molecule has 0 bridgehead atoms. The van der Waals surface area contributed by atoms with E-state index >= 15 is 0 Å². The molecule has 0 N–H and O–H groups in total. The average Bonchev–Trinajstić information content (AvgIpc) is 3.88. The van der Waals surface area contributed by atoms with Crippen LogP contribution in [0.5, 0.6) is 0 Å². The zero-order valence-corrected chi connectivity index (χ0v) is 35.0. The first-order valence-electron chi connectivity index (χ1n) is 20.8. The van der Waals surface area contributed by atoms with E-state index in [1.54, 1.807) is 0 Å². The Morgan fingerprint density at radius 1 is 0.500 bits per heavy atom. The molecule has 0 aliphatic carbocycles. The fourth-order valence-electron chi connectivity index (χ4n) is 8.72. The summed E-state index contributed by atoms with van der Waals surface area (Å²) in [5.74, 6) is 0.689. The SMILES string of the molecule is C=NC(=NCc1ccccc1)c1ccccc1.C=NCn1c2ccc(-c3ccccc3)cc2c2c(-c3cccc4ccccc34)cc3sc4c(-c5ccccc5)cccc4c3c21. The number of hydrogen-bond donors (Lipinski definition) is 0. The summed E-state index contributed by atoms with van der Waals surface area (Å²) in [6.07, 6.45) is 0. The molecule has 11 aromatic rings. The van der Waals surface area contributed by atoms with E-state index in [0.717, 1.165) is 5.56 Å². The summed E-state index contributed by atoms with van der Waals surface area (Å²) in [6.45, 7) is 8.63. The molecule has 0 saturated carbocycles. The third-order valence-corrected chi connectivity index (χ3v) is 12.7. The zero-order valence-electron chi connectivity index (χ0n) is 34.2. The van der Waals surface area contributed by atoms with Crippen molar-refractivity contribution in [3.8, 4) is 33.4 Å². The van der Waals surface area contributed by atoms with E-state index < -0.39 is 0 Å². The van der Waals surface area contributed by atoms with Crippen molar-refractivity contribution in [2.45, 2.75) is 13.2 Å². The smallest absolute Gasteiger partial charge is 0.154 e. The van der Waals surface area contributed by atoms with E-state index in [-0.39, 0.29) is 0 Å². The van der Waals surface area contributed by atoms with Gasteiger partial charge < -0.3 is 4.57 Å². The van der Waals surface area contributed by atoms with Crippen molar-refractivity contribution in [1.82, 2.24) is 4.57 Å². The molecule has 0 aliphatic rings. The van der Waals surface area contributed by atoms with Gasteiger partial charge in [0.15, 0.2) is 5.84 Å². The summed E-state index contributed by atoms with van der Waals surface area (Å²) in [5.41, 5.74) is 12.0. The van der Waals surface area contributed by atoms with Crippen molar-refractivity contribution in [2.75, 3.05) is 0 Å². The number of aliphatic imine (C=N–C) groups is 3. The third-order valence-electron chi connectivity index (χ3n) is 11.5. The molecule has 62 heavy (non-hydrogen) atoms. The number of benzene rings is 9. The number of fused-ring (bicyclic) bond motifs is 8. The maximum Gasteiger partial charge on any atom is 0.154 e. The van der Waals surface area contributed by atoms with Gasteiger partial charge >= 0.3 is 0 Å². The normalized spacial score (nSPS) is 11.6. The molecule has 2 aromatic heterocycles. The first kappa shape index (κ1) is 38.5. The molecular formula is C57H42N4S. The van der Waals surface area contributed by atoms with Crippen LogP contribution in [0.1, 0.15) is 11.1 Å². The second kappa shape index (κ2) is 17.1. The first-order chi connectivity index (χ1) is 30.7. The van der Waals surface area contributed by atoms with Crippen LogP contribution in [0.25, 0.3) is 86.1 Å². The van der Waals surface area contributed by atoms with Crippen LogP contribution in [0.4, 0.5) is 0 Å². The minimum Gasteiger partial charge on any atom is -0.320 e. The summed E-state index contributed by atoms with van der Waals surface area (Å²) in [7, 11) is 0. The highest BCUT2D eigenvalue weighted by Crippen LogP contribution is 2.49. The highest BCUT2D eigenvalue weighted by molar-refractivity contribution is 7.26. The molecule has 11 rings (SSSR count). The molecule has 4 nitrogen and oxygen atoms in total. The van der Waals surface area contributed by atoms with E-state index in [0.29, 0.717) is 19.0 Å². The molecule has 0 aliphatic heterocycles. The van der Waals surface area contributed by atoms with Crippen LogP contribution >= 0.6 is 11.3 Å². The second-order valence-electron chi connectivity index (χ2n) is 15.2. The van der Waals surface area contributed by atoms with E-state index in [9.17, 15) is 0 Å². The van der Waals surface area contributed by atoms with Gasteiger partial charge in [0.1, 0.15) is 6.67 Å². The molecule has 0 spiro atoms. The highest BCUT2D eigenvalue weighted by Gasteiger charge is 2.23. The van der Waals surface area contributed by atoms with E-state index in [4.69, 9.17) is 0 Å². The van der Waals surface area contributed by atoms with Crippen molar-refractivity contribution < 1.29 is 0 Å². The fourth-order valence-corrected chi connectivity index (χ4v) is 10.00. The quantitative estimate of drug-likeness (QED) is 0.108. The minimum atomic E-state index is 0.481. The van der Waals surface area contributed by atoms with Gasteiger partial charge in [-0.2, -0.15) is 0 Å². The molecule has 5 heteroatoms. The van der Waals surface area contributed by atoms with Crippen LogP contribution in [0.2, 0.25) is 0 Å². The van der Waals surface area contributed by atoms with Gasteiger partial charge in [-0.3, -0.25) is 9.98 Å². The van der Waals surface area contributed by atoms with Crippen molar-refractivity contribution in [1.29, 1.82) is 0 Å². The molecule has 9 aromatic carbocycles. The maximum atomic E-state index is 4.47. The summed E-state index contributed by atoms with van der Waals surface area (Å²) >= 11 is 1.89. The van der Waals surface area contributed by atoms with Gasteiger partial charge in [0.25, 0.3) is 0 Å². The zero-order chi connectivity index (χ0) is 41.8. The summed E-state index contributed by atoms with van der Waals surface area (Å²) < 4.78 is 4.97. The standard InChI is InChI=1S/C42H28N2S.C15H14N2/c1-43-26-44-37-23-22-30(27-12-4-2-5-13-27)24-36(37)39-35(33-20-10-17-28-16-8-9-18-31(28)33)25-38-40(41(39)44)34-21-11-19-32(42(34)45-38)29-14-6-3-7-15-29;1-16-15(14-10-6-3-7-11-14)17-12-13-8-4-2-5-9-13/h2-25H,1,26H2;2-11H,1,12H2. The molecule has 0 fully saturated rings. The van der Waals surface area contributed by atoms with E-state index in [2.05, 4.69) is 191 Å². The predicted molar refractivity (Wildman–Crippen MR) is 268 cm³/mol. The largest absolute Gasteiger partial charge is 0.320 e. The van der Waals surface area contributed by atoms with Crippen LogP contribution in [0.3, 0.4) is 0 Å². The van der Waals surface area contributed by atoms with Crippen molar-refractivity contribution in [3.63, 3.8) is 0 Å². The second-order valence-corrected chi connectivity index (χ2v) is 16.3. The van der Waals surface area contributed by atoms with Crippen LogP contribution < -0.4 is 0 Å². The number of nitrogens with zero attached hydrogens (tertiary/aromatic N) is 4. The van der Waals surface area contributed by atoms with Gasteiger partial charge in [-0.05, 0) is 81.4 Å². The van der Waals surface area contributed by atoms with Crippen molar-refractivity contribution in [2.24, 2.45) is 15.0 Å². The Labute approximate surface area is 365 Å². The summed E-state index contributed by atoms with van der Waals surface area (Å²) in [5, 5.41) is 7.56. The molecule has 2 heterocycles. The lowest BCUT2D eigenvalue weighted by atomic mass is 9.92. The van der Waals surface area contributed by atoms with Crippen molar-refractivity contribution >= 4 is 83.4 Å². The number of aromatic nitrogens is 1. The maximum absolute atomic E-state index is 4.47. The van der Waals surface area contributed by atoms with Crippen molar-refractivity contribution in [3.05, 3.63) is 217 Å². The Balaban J connectivity index is 0.000000227. The Hall–Kier alpha value is -7.73. The van der Waals surface area contributed by atoms with E-state index in [1.165, 1.54) is 91.7 Å². The van der Waals surface area contributed by atoms with E-state index in [1.807, 2.05) is 59.9 Å². The van der Waals surface area contributed by atoms with Gasteiger partial charge in [0.05, 0.1) is 17.6 Å². The first-order valence-corrected chi connectivity index (χ1v) is 21.6. The lowest BCUT2D eigenvalue weighted by molar-refractivity contribution is 0.801. The Morgan fingerprint density at radius 2 is 1.13 bits per heavy atom. The Morgan fingerprint density at radius 3 is 1.87 bits per heavy atom. The van der Waals surface area contributed by atoms with Crippen LogP contribution in [-0.2, 0) is 13.2 Å². The summed E-state index contributed by atoms with van der Waals surface area (Å²) in [6, 6.07) is 72.9. The number of amidine groups is 1. The monoisotopic (exact) mass is 814 g/mol. The van der Waals surface area contributed by atoms with Crippen LogP contribution in [-0.4, -0.2) is 23.8 Å². The number of hydrogen-bond acceptors (Lipinski definition) is 3. The highest BCUT2D eigenvalue weighted by atomic mass is 32.1. The Kier molecular flexibility index (Phi) is 10.6. The van der Waals surface area contributed by atoms with Gasteiger partial charge in [-0.1, -0.05) is 188 Å². The topological polar surface area (TPSA) is 42.0 Å². The third kappa shape index (κ3) is 7.19. The van der Waals surface area contributed by atoms with Crippen LogP contribution in [0.15, 0.2) is 221 Å². The molecule has 0 amide bonds. The molecule has 0 atom stereocenters. The summed E-state index contributed by atoms with van der Waals surface area (Å²) in [4.78, 5) is 12.9.